The van der Waals surface area contributed by atoms with Crippen molar-refractivity contribution < 1.29 is 10.2 Å². The average molecular weight is 286 g/mol. The molecule has 0 aromatic heterocycles. The van der Waals surface area contributed by atoms with Crippen molar-refractivity contribution in [2.45, 2.75) is 0 Å². The van der Waals surface area contributed by atoms with Crippen molar-refractivity contribution in [3.8, 4) is 0 Å². The summed E-state index contributed by atoms with van der Waals surface area (Å²) in [7, 11) is 0. The molecule has 4 aromatic rings. The van der Waals surface area contributed by atoms with Gasteiger partial charge in [0.2, 0.25) is 0 Å². The summed E-state index contributed by atoms with van der Waals surface area (Å²) in [6.45, 7) is 0. The fourth-order valence-corrected chi connectivity index (χ4v) is 3.21. The zero-order chi connectivity index (χ0) is 15.1. The highest BCUT2D eigenvalue weighted by Gasteiger charge is 2.07. The third-order valence-corrected chi connectivity index (χ3v) is 4.23. The second-order valence-electron chi connectivity index (χ2n) is 5.38. The van der Waals surface area contributed by atoms with Gasteiger partial charge in [-0.2, -0.15) is 0 Å². The number of aliphatic hydroxyl groups excluding tert-OH is 2. The molecule has 0 fully saturated rings. The van der Waals surface area contributed by atoms with Crippen LogP contribution in [0.3, 0.4) is 0 Å². The van der Waals surface area contributed by atoms with Gasteiger partial charge in [0.15, 0.2) is 0 Å². The van der Waals surface area contributed by atoms with E-state index in [-0.39, 0.29) is 0 Å². The van der Waals surface area contributed by atoms with E-state index in [1.165, 1.54) is 0 Å². The van der Waals surface area contributed by atoms with Gasteiger partial charge < -0.3 is 10.2 Å². The minimum Gasteiger partial charge on any atom is -0.515 e. The predicted octanol–water partition coefficient (Wildman–Crippen LogP) is 3.74. The Kier molecular flexibility index (Phi) is 2.76. The molecule has 2 nitrogen and oxygen atoms in total. The van der Waals surface area contributed by atoms with Crippen molar-refractivity contribution >= 4 is 44.8 Å². The molecule has 0 amide bonds. The molecular weight excluding hydrogens is 272 g/mol. The first-order valence-corrected chi connectivity index (χ1v) is 7.15. The van der Waals surface area contributed by atoms with Crippen LogP contribution >= 0.6 is 0 Å². The summed E-state index contributed by atoms with van der Waals surface area (Å²) in [6, 6.07) is 20.0. The Morgan fingerprint density at radius 3 is 1.36 bits per heavy atom. The topological polar surface area (TPSA) is 40.5 Å². The lowest BCUT2D eigenvalue weighted by molar-refractivity contribution is 0.540. The molecule has 4 aromatic carbocycles. The molecule has 106 valence electrons. The normalized spacial score (nSPS) is 13.5. The third kappa shape index (κ3) is 1.67. The summed E-state index contributed by atoms with van der Waals surface area (Å²) in [5.74, 6) is 0. The van der Waals surface area contributed by atoms with Crippen molar-refractivity contribution in [3.63, 3.8) is 0 Å². The van der Waals surface area contributed by atoms with Crippen molar-refractivity contribution in [1.82, 2.24) is 0 Å². The van der Waals surface area contributed by atoms with Gasteiger partial charge in [0.25, 0.3) is 0 Å². The Hall–Kier alpha value is -3.00. The Balaban J connectivity index is 2.43. The molecule has 22 heavy (non-hydrogen) atoms. The quantitative estimate of drug-likeness (QED) is 0.483. The zero-order valence-electron chi connectivity index (χ0n) is 11.8. The standard InChI is InChI=1S/C20H14O2/c21-11-19-15-7-3-4-8-16(15)20(12-22)18-10-14-6-2-1-5-13(14)9-17(18)19/h1-12,21-22H. The summed E-state index contributed by atoms with van der Waals surface area (Å²) in [5.41, 5.74) is 0. The highest BCUT2D eigenvalue weighted by atomic mass is 16.2. The fraction of sp³-hybridized carbons (Fsp3) is 0. The van der Waals surface area contributed by atoms with Gasteiger partial charge in [-0.1, -0.05) is 48.5 Å². The van der Waals surface area contributed by atoms with Crippen LogP contribution in [0.25, 0.3) is 44.8 Å². The molecule has 0 aliphatic carbocycles. The average Bonchev–Trinajstić information content (AvgIpc) is 2.58. The molecular formula is C20H14O2. The van der Waals surface area contributed by atoms with Crippen LogP contribution in [0.5, 0.6) is 0 Å². The van der Waals surface area contributed by atoms with Gasteiger partial charge in [0.1, 0.15) is 0 Å². The van der Waals surface area contributed by atoms with E-state index in [1.54, 1.807) is 0 Å². The molecule has 2 N–H and O–H groups in total. The molecule has 2 heteroatoms. The lowest BCUT2D eigenvalue weighted by Gasteiger charge is -2.08. The van der Waals surface area contributed by atoms with Gasteiger partial charge in [0.05, 0.1) is 12.5 Å². The Morgan fingerprint density at radius 2 is 0.955 bits per heavy atom. The van der Waals surface area contributed by atoms with Gasteiger partial charge in [0, 0.05) is 10.4 Å². The second kappa shape index (κ2) is 4.78. The number of rotatable bonds is 0. The maximum atomic E-state index is 9.77. The van der Waals surface area contributed by atoms with Crippen molar-refractivity contribution in [1.29, 1.82) is 0 Å². The lowest BCUT2D eigenvalue weighted by Crippen LogP contribution is -2.14. The molecule has 0 aliphatic rings. The van der Waals surface area contributed by atoms with Gasteiger partial charge in [-0.25, -0.2) is 0 Å². The molecule has 0 aliphatic heterocycles. The summed E-state index contributed by atoms with van der Waals surface area (Å²) >= 11 is 0. The van der Waals surface area contributed by atoms with Crippen LogP contribution in [-0.2, 0) is 0 Å². The number of hydrogen-bond donors (Lipinski definition) is 2. The molecule has 0 bridgehead atoms. The van der Waals surface area contributed by atoms with Gasteiger partial charge >= 0.3 is 0 Å². The van der Waals surface area contributed by atoms with Crippen molar-refractivity contribution in [2.24, 2.45) is 0 Å². The molecule has 0 saturated heterocycles. The molecule has 0 atom stereocenters. The van der Waals surface area contributed by atoms with Crippen LogP contribution in [-0.4, -0.2) is 10.2 Å². The van der Waals surface area contributed by atoms with Gasteiger partial charge in [-0.3, -0.25) is 0 Å². The fourth-order valence-electron chi connectivity index (χ4n) is 3.21. The molecule has 0 spiro atoms. The maximum Gasteiger partial charge on any atom is 0.0876 e. The van der Waals surface area contributed by atoms with E-state index < -0.39 is 0 Å². The van der Waals surface area contributed by atoms with Crippen LogP contribution in [0.2, 0.25) is 0 Å². The van der Waals surface area contributed by atoms with E-state index in [0.717, 1.165) is 55.3 Å². The van der Waals surface area contributed by atoms with E-state index in [4.69, 9.17) is 0 Å². The summed E-state index contributed by atoms with van der Waals surface area (Å²) < 4.78 is 0. The van der Waals surface area contributed by atoms with Crippen LogP contribution < -0.4 is 10.4 Å². The van der Waals surface area contributed by atoms with E-state index >= 15 is 0 Å². The van der Waals surface area contributed by atoms with Crippen LogP contribution in [0.1, 0.15) is 0 Å². The number of benzene rings is 4. The minimum absolute atomic E-state index is 0.780. The first-order chi connectivity index (χ1) is 10.8. The monoisotopic (exact) mass is 286 g/mol. The van der Waals surface area contributed by atoms with E-state index in [9.17, 15) is 10.2 Å². The largest absolute Gasteiger partial charge is 0.515 e. The zero-order valence-corrected chi connectivity index (χ0v) is 11.8. The number of aliphatic hydroxyl groups is 2. The first-order valence-electron chi connectivity index (χ1n) is 7.15. The van der Waals surface area contributed by atoms with Gasteiger partial charge in [-0.05, 0) is 44.5 Å². The molecule has 0 radical (unpaired) electrons. The second-order valence-corrected chi connectivity index (χ2v) is 5.38. The molecule has 0 saturated carbocycles. The third-order valence-electron chi connectivity index (χ3n) is 4.23. The summed E-state index contributed by atoms with van der Waals surface area (Å²) in [5, 5.41) is 27.0. The molecule has 0 unspecified atom stereocenters. The predicted molar refractivity (Wildman–Crippen MR) is 92.4 cm³/mol. The Labute approximate surface area is 126 Å². The first kappa shape index (κ1) is 12.7. The Bertz CT molecular complexity index is 1050. The van der Waals surface area contributed by atoms with E-state index in [0.29, 0.717) is 0 Å². The van der Waals surface area contributed by atoms with Crippen LogP contribution in [0, 0.1) is 0 Å². The summed E-state index contributed by atoms with van der Waals surface area (Å²) in [4.78, 5) is 0. The maximum absolute atomic E-state index is 9.77. The lowest BCUT2D eigenvalue weighted by atomic mass is 9.96. The summed E-state index contributed by atoms with van der Waals surface area (Å²) in [6.07, 6.45) is 2.31. The number of hydrogen-bond acceptors (Lipinski definition) is 2. The highest BCUT2D eigenvalue weighted by Crippen LogP contribution is 2.21. The SMILES string of the molecule is OC=c1c2ccccc2c(=CO)c2cc3ccccc3cc12. The van der Waals surface area contributed by atoms with Crippen molar-refractivity contribution in [3.05, 3.63) is 71.1 Å². The van der Waals surface area contributed by atoms with E-state index in [1.807, 2.05) is 48.5 Å². The smallest absolute Gasteiger partial charge is 0.0876 e. The molecule has 4 rings (SSSR count). The minimum atomic E-state index is 0.780. The van der Waals surface area contributed by atoms with Crippen LogP contribution in [0.15, 0.2) is 60.7 Å². The Morgan fingerprint density at radius 1 is 0.545 bits per heavy atom. The van der Waals surface area contributed by atoms with Crippen molar-refractivity contribution in [2.75, 3.05) is 0 Å². The van der Waals surface area contributed by atoms with Crippen LogP contribution in [0.4, 0.5) is 0 Å². The van der Waals surface area contributed by atoms with Gasteiger partial charge in [-0.15, -0.1) is 0 Å². The number of fused-ring (bicyclic) bond motifs is 3. The van der Waals surface area contributed by atoms with E-state index in [2.05, 4.69) is 12.1 Å². The highest BCUT2D eigenvalue weighted by molar-refractivity contribution is 6.05. The molecule has 0 heterocycles.